The molecular weight excluding hydrogens is 460 g/mol. The lowest BCUT2D eigenvalue weighted by molar-refractivity contribution is 0.113. The van der Waals surface area contributed by atoms with Crippen molar-refractivity contribution in [1.82, 2.24) is 9.80 Å². The van der Waals surface area contributed by atoms with Crippen LogP contribution >= 0.6 is 0 Å². The second-order valence-electron chi connectivity index (χ2n) is 10.5. The van der Waals surface area contributed by atoms with E-state index in [4.69, 9.17) is 9.47 Å². The number of rotatable bonds is 6. The van der Waals surface area contributed by atoms with Crippen LogP contribution in [0.25, 0.3) is 0 Å². The van der Waals surface area contributed by atoms with Crippen LogP contribution in [0.1, 0.15) is 47.9 Å². The summed E-state index contributed by atoms with van der Waals surface area (Å²) in [7, 11) is 0.589. The first kappa shape index (κ1) is 26.0. The van der Waals surface area contributed by atoms with Gasteiger partial charge in [0.05, 0.1) is 9.79 Å². The Hall–Kier alpha value is -2.09. The van der Waals surface area contributed by atoms with Crippen molar-refractivity contribution < 1.29 is 17.9 Å². The number of benzene rings is 2. The van der Waals surface area contributed by atoms with Crippen LogP contribution in [0, 0.1) is 27.7 Å². The molecule has 0 saturated carbocycles. The highest BCUT2D eigenvalue weighted by molar-refractivity contribution is 7.91. The maximum atomic E-state index is 13.6. The van der Waals surface area contributed by atoms with E-state index in [1.807, 2.05) is 27.7 Å². The van der Waals surface area contributed by atoms with E-state index < -0.39 is 9.84 Å². The van der Waals surface area contributed by atoms with Crippen LogP contribution < -0.4 is 9.47 Å². The van der Waals surface area contributed by atoms with Crippen molar-refractivity contribution in [2.24, 2.45) is 0 Å². The minimum Gasteiger partial charge on any atom is -0.490 e. The first-order valence-corrected chi connectivity index (χ1v) is 14.2. The predicted octanol–water partition coefficient (Wildman–Crippen LogP) is 4.70. The molecule has 0 aliphatic carbocycles. The molecule has 4 rings (SSSR count). The van der Waals surface area contributed by atoms with Crippen LogP contribution in [0.15, 0.2) is 34.1 Å². The van der Waals surface area contributed by atoms with Gasteiger partial charge >= 0.3 is 0 Å². The van der Waals surface area contributed by atoms with Gasteiger partial charge in [0.25, 0.3) is 0 Å². The first-order valence-electron chi connectivity index (χ1n) is 12.7. The van der Waals surface area contributed by atoms with Crippen LogP contribution in [-0.4, -0.2) is 70.7 Å². The first-order chi connectivity index (χ1) is 16.5. The predicted molar refractivity (Wildman–Crippen MR) is 140 cm³/mol. The Balaban J connectivity index is 1.56. The molecule has 0 radical (unpaired) electrons. The minimum atomic E-state index is -3.67. The number of piperidine rings is 2. The van der Waals surface area contributed by atoms with Gasteiger partial charge in [-0.1, -0.05) is 0 Å². The Labute approximate surface area is 211 Å². The third kappa shape index (κ3) is 5.84. The molecule has 0 unspecified atom stereocenters. The summed E-state index contributed by atoms with van der Waals surface area (Å²) >= 11 is 0. The molecule has 2 saturated heterocycles. The van der Waals surface area contributed by atoms with E-state index in [2.05, 4.69) is 23.9 Å². The fraction of sp³-hybridized carbons (Fsp3) is 0.571. The molecule has 35 heavy (non-hydrogen) atoms. The van der Waals surface area contributed by atoms with E-state index in [9.17, 15) is 8.42 Å². The summed E-state index contributed by atoms with van der Waals surface area (Å²) in [5.74, 6) is 1.63. The maximum Gasteiger partial charge on any atom is 0.206 e. The highest BCUT2D eigenvalue weighted by Crippen LogP contribution is 2.35. The average molecular weight is 501 g/mol. The zero-order valence-corrected chi connectivity index (χ0v) is 22.9. The SMILES string of the molecule is Cc1cc(S(=O)(=O)c2cc(C)c(OC3CCN(C)CC3)c(C)c2)cc(C)c1OC1CCN(C)CC1. The summed E-state index contributed by atoms with van der Waals surface area (Å²) in [6.45, 7) is 11.8. The Morgan fingerprint density at radius 2 is 0.914 bits per heavy atom. The number of hydrogen-bond donors (Lipinski definition) is 0. The van der Waals surface area contributed by atoms with Crippen molar-refractivity contribution in [2.45, 2.75) is 75.4 Å². The zero-order valence-electron chi connectivity index (χ0n) is 22.1. The summed E-state index contributed by atoms with van der Waals surface area (Å²) in [5.41, 5.74) is 3.44. The summed E-state index contributed by atoms with van der Waals surface area (Å²) in [5, 5.41) is 0. The molecule has 2 aromatic rings. The topological polar surface area (TPSA) is 59.1 Å². The number of likely N-dealkylation sites (tertiary alicyclic amines) is 2. The van der Waals surface area contributed by atoms with Gasteiger partial charge in [0.1, 0.15) is 23.7 Å². The van der Waals surface area contributed by atoms with Gasteiger partial charge < -0.3 is 19.3 Å². The fourth-order valence-corrected chi connectivity index (χ4v) is 6.78. The molecule has 6 nitrogen and oxygen atoms in total. The van der Waals surface area contributed by atoms with Gasteiger partial charge in [0.15, 0.2) is 0 Å². The second-order valence-corrected chi connectivity index (χ2v) is 12.5. The third-order valence-electron chi connectivity index (χ3n) is 7.39. The standard InChI is InChI=1S/C28H40N2O4S/c1-19-15-25(16-20(2)27(19)33-23-7-11-29(5)12-8-23)35(31,32)26-17-21(3)28(22(4)18-26)34-24-9-13-30(6)14-10-24/h15-18,23-24H,7-14H2,1-6H3. The summed E-state index contributed by atoms with van der Waals surface area (Å²) < 4.78 is 39.9. The monoisotopic (exact) mass is 500 g/mol. The van der Waals surface area contributed by atoms with Gasteiger partial charge in [-0.2, -0.15) is 0 Å². The molecule has 0 amide bonds. The van der Waals surface area contributed by atoms with E-state index in [1.54, 1.807) is 24.3 Å². The average Bonchev–Trinajstić information content (AvgIpc) is 2.80. The molecule has 2 aliphatic heterocycles. The van der Waals surface area contributed by atoms with Crippen LogP contribution in [0.4, 0.5) is 0 Å². The van der Waals surface area contributed by atoms with Crippen molar-refractivity contribution in [1.29, 1.82) is 0 Å². The second kappa shape index (κ2) is 10.5. The summed E-state index contributed by atoms with van der Waals surface area (Å²) in [4.78, 5) is 5.24. The lowest BCUT2D eigenvalue weighted by Gasteiger charge is -2.30. The van der Waals surface area contributed by atoms with Crippen molar-refractivity contribution >= 4 is 9.84 Å². The molecule has 0 N–H and O–H groups in total. The maximum absolute atomic E-state index is 13.6. The van der Waals surface area contributed by atoms with Crippen LogP contribution in [0.5, 0.6) is 11.5 Å². The molecule has 2 heterocycles. The van der Waals surface area contributed by atoms with E-state index in [1.165, 1.54) is 0 Å². The van der Waals surface area contributed by atoms with E-state index in [0.717, 1.165) is 85.6 Å². The van der Waals surface area contributed by atoms with Gasteiger partial charge in [0.2, 0.25) is 9.84 Å². The highest BCUT2D eigenvalue weighted by atomic mass is 32.2. The third-order valence-corrected chi connectivity index (χ3v) is 9.10. The van der Waals surface area contributed by atoms with Crippen LogP contribution in [0.2, 0.25) is 0 Å². The van der Waals surface area contributed by atoms with E-state index in [-0.39, 0.29) is 12.2 Å². The van der Waals surface area contributed by atoms with Crippen molar-refractivity contribution in [3.05, 3.63) is 46.5 Å². The van der Waals surface area contributed by atoms with Crippen molar-refractivity contribution in [3.63, 3.8) is 0 Å². The van der Waals surface area contributed by atoms with Crippen LogP contribution in [0.3, 0.4) is 0 Å². The molecule has 0 aromatic heterocycles. The van der Waals surface area contributed by atoms with Crippen molar-refractivity contribution in [3.8, 4) is 11.5 Å². The number of sulfone groups is 1. The van der Waals surface area contributed by atoms with Gasteiger partial charge in [-0.25, -0.2) is 8.42 Å². The Morgan fingerprint density at radius 3 is 1.20 bits per heavy atom. The van der Waals surface area contributed by atoms with E-state index in [0.29, 0.717) is 9.79 Å². The minimum absolute atomic E-state index is 0.175. The summed E-state index contributed by atoms with van der Waals surface area (Å²) in [6.07, 6.45) is 4.29. The summed E-state index contributed by atoms with van der Waals surface area (Å²) in [6, 6.07) is 7.00. The molecule has 2 aliphatic rings. The zero-order chi connectivity index (χ0) is 25.3. The fourth-order valence-electron chi connectivity index (χ4n) is 5.18. The van der Waals surface area contributed by atoms with Gasteiger partial charge in [-0.15, -0.1) is 0 Å². The molecule has 192 valence electrons. The van der Waals surface area contributed by atoms with Gasteiger partial charge in [-0.3, -0.25) is 0 Å². The number of aryl methyl sites for hydroxylation is 4. The molecule has 0 atom stereocenters. The van der Waals surface area contributed by atoms with Gasteiger partial charge in [0, 0.05) is 26.2 Å². The quantitative estimate of drug-likeness (QED) is 0.573. The molecule has 2 aromatic carbocycles. The number of ether oxygens (including phenoxy) is 2. The Kier molecular flexibility index (Phi) is 7.79. The number of nitrogens with zero attached hydrogens (tertiary/aromatic N) is 2. The Morgan fingerprint density at radius 1 is 0.629 bits per heavy atom. The molecule has 7 heteroatoms. The van der Waals surface area contributed by atoms with Gasteiger partial charge in [-0.05, 0) is 114 Å². The molecule has 2 fully saturated rings. The number of hydrogen-bond acceptors (Lipinski definition) is 6. The van der Waals surface area contributed by atoms with Crippen molar-refractivity contribution in [2.75, 3.05) is 40.3 Å². The molecule has 0 bridgehead atoms. The van der Waals surface area contributed by atoms with Crippen LogP contribution in [-0.2, 0) is 9.84 Å². The lowest BCUT2D eigenvalue weighted by atomic mass is 10.1. The lowest BCUT2D eigenvalue weighted by Crippen LogP contribution is -2.35. The highest BCUT2D eigenvalue weighted by Gasteiger charge is 2.25. The smallest absolute Gasteiger partial charge is 0.206 e. The molecular formula is C28H40N2O4S. The largest absolute Gasteiger partial charge is 0.490 e. The normalized spacial score (nSPS) is 19.1. The molecule has 0 spiro atoms. The Bertz CT molecular complexity index is 1030. The van der Waals surface area contributed by atoms with E-state index >= 15 is 0 Å².